The minimum Gasteiger partial charge on any atom is -0.444 e. The highest BCUT2D eigenvalue weighted by Gasteiger charge is 2.30. The van der Waals surface area contributed by atoms with Crippen LogP contribution < -0.4 is 16.0 Å². The van der Waals surface area contributed by atoms with Crippen LogP contribution in [0.1, 0.15) is 79.0 Å². The molecule has 6 rings (SSSR count). The molecule has 0 radical (unpaired) electrons. The number of carbonyl (C=O) groups excluding carboxylic acids is 5. The Morgan fingerprint density at radius 3 is 1.60 bits per heavy atom. The molecule has 0 bridgehead atoms. The number of benzene rings is 3. The third kappa shape index (κ3) is 10.7. The Bertz CT molecular complexity index is 2560. The number of rotatable bonds is 10. The van der Waals surface area contributed by atoms with Crippen molar-refractivity contribution in [1.29, 1.82) is 0 Å². The fourth-order valence-corrected chi connectivity index (χ4v) is 6.96. The smallest absolute Gasteiger partial charge is 0.419 e. The van der Waals surface area contributed by atoms with E-state index >= 15 is 0 Å². The maximum atomic E-state index is 14.6. The van der Waals surface area contributed by atoms with Gasteiger partial charge < -0.3 is 35.1 Å². The molecule has 0 fully saturated rings. The molecule has 3 heterocycles. The lowest BCUT2D eigenvalue weighted by molar-refractivity contribution is -0.125. The van der Waals surface area contributed by atoms with Crippen LogP contribution in [0, 0.1) is 0 Å². The van der Waals surface area contributed by atoms with E-state index in [1.54, 1.807) is 99.1 Å². The normalized spacial score (nSPS) is 13.2. The number of H-pyrrole nitrogens is 1. The summed E-state index contributed by atoms with van der Waals surface area (Å²) in [6.07, 6.45) is 1.97. The zero-order chi connectivity index (χ0) is 43.6. The van der Waals surface area contributed by atoms with Gasteiger partial charge in [-0.2, -0.15) is 0 Å². The Hall–Kier alpha value is -6.57. The van der Waals surface area contributed by atoms with Crippen LogP contribution in [0.15, 0.2) is 91.4 Å². The lowest BCUT2D eigenvalue weighted by Crippen LogP contribution is -2.56. The van der Waals surface area contributed by atoms with E-state index in [0.717, 1.165) is 16.5 Å². The van der Waals surface area contributed by atoms with Crippen LogP contribution in [0.3, 0.4) is 0 Å². The molecule has 316 valence electrons. The van der Waals surface area contributed by atoms with E-state index in [4.69, 9.17) is 14.2 Å². The monoisotopic (exact) mass is 818 g/mol. The van der Waals surface area contributed by atoms with E-state index in [1.165, 1.54) is 9.13 Å². The van der Waals surface area contributed by atoms with Gasteiger partial charge in [-0.3, -0.25) is 18.7 Å². The molecule has 0 aliphatic rings. The molecule has 4 N–H and O–H groups in total. The molecule has 3 aromatic heterocycles. The van der Waals surface area contributed by atoms with E-state index in [1.807, 2.05) is 54.6 Å². The summed E-state index contributed by atoms with van der Waals surface area (Å²) >= 11 is 0. The van der Waals surface area contributed by atoms with Gasteiger partial charge in [0.05, 0.1) is 17.5 Å². The molecule has 2 atom stereocenters. The molecule has 0 unspecified atom stereocenters. The molecule has 14 nitrogen and oxygen atoms in total. The first kappa shape index (κ1) is 43.0. The van der Waals surface area contributed by atoms with Gasteiger partial charge in [0.15, 0.2) is 0 Å². The quantitative estimate of drug-likeness (QED) is 0.0792. The topological polar surface area (TPSA) is 175 Å². The molecule has 6 aromatic rings. The van der Waals surface area contributed by atoms with Crippen LogP contribution in [-0.4, -0.2) is 73.2 Å². The number of alkyl carbamates (subject to hydrolysis) is 1. The first-order chi connectivity index (χ1) is 28.1. The van der Waals surface area contributed by atoms with Gasteiger partial charge in [0, 0.05) is 53.1 Å². The van der Waals surface area contributed by atoms with Crippen molar-refractivity contribution in [2.75, 3.05) is 0 Å². The Balaban J connectivity index is 1.35. The maximum absolute atomic E-state index is 14.6. The predicted octanol–water partition coefficient (Wildman–Crippen LogP) is 8.12. The fourth-order valence-electron chi connectivity index (χ4n) is 6.96. The van der Waals surface area contributed by atoms with E-state index in [0.29, 0.717) is 32.9 Å². The highest BCUT2D eigenvalue weighted by molar-refractivity contribution is 5.95. The summed E-state index contributed by atoms with van der Waals surface area (Å²) in [6.45, 7) is 15.8. The van der Waals surface area contributed by atoms with Crippen molar-refractivity contribution in [1.82, 2.24) is 30.1 Å². The van der Waals surface area contributed by atoms with Gasteiger partial charge >= 0.3 is 18.3 Å². The number of ether oxygens (including phenoxy) is 3. The molecule has 0 spiro atoms. The van der Waals surface area contributed by atoms with Crippen LogP contribution in [-0.2, 0) is 43.1 Å². The molecule has 14 heteroatoms. The molecule has 60 heavy (non-hydrogen) atoms. The molecule has 0 aliphatic carbocycles. The van der Waals surface area contributed by atoms with Crippen LogP contribution in [0.5, 0.6) is 0 Å². The summed E-state index contributed by atoms with van der Waals surface area (Å²) in [5.74, 6) is -1.01. The molecule has 3 aromatic carbocycles. The fraction of sp³-hybridized carbons (Fsp3) is 0.370. The number of aromatic nitrogens is 3. The zero-order valence-electron chi connectivity index (χ0n) is 35.6. The van der Waals surface area contributed by atoms with Gasteiger partial charge in [0.1, 0.15) is 29.0 Å². The SMILES string of the molecule is CC(C)(C)OC(=O)N[C@H](Cc1cn(C(=O)OC(C)(C)C)c2ccccc12)C(=O)N[C@H](Cc1cn(C(=O)OC(C)(C)C)c2ccccc12)NC(=O)Cc1c[nH]c2ccccc12. The summed E-state index contributed by atoms with van der Waals surface area (Å²) in [5, 5.41) is 11.0. The summed E-state index contributed by atoms with van der Waals surface area (Å²) in [5.41, 5.74) is 1.61. The average Bonchev–Trinajstić information content (AvgIpc) is 3.83. The van der Waals surface area contributed by atoms with Crippen LogP contribution in [0.2, 0.25) is 0 Å². The highest BCUT2D eigenvalue weighted by atomic mass is 16.6. The Morgan fingerprint density at radius 2 is 1.07 bits per heavy atom. The van der Waals surface area contributed by atoms with Gasteiger partial charge in [-0.05, 0) is 97.2 Å². The van der Waals surface area contributed by atoms with Crippen LogP contribution in [0.25, 0.3) is 32.7 Å². The summed E-state index contributed by atoms with van der Waals surface area (Å²) < 4.78 is 19.8. The van der Waals surface area contributed by atoms with E-state index in [9.17, 15) is 24.0 Å². The number of hydrogen-bond donors (Lipinski definition) is 4. The number of fused-ring (bicyclic) bond motifs is 3. The summed E-state index contributed by atoms with van der Waals surface area (Å²) in [7, 11) is 0. The summed E-state index contributed by atoms with van der Waals surface area (Å²) in [4.78, 5) is 71.8. The van der Waals surface area contributed by atoms with E-state index in [2.05, 4.69) is 20.9 Å². The van der Waals surface area contributed by atoms with Gasteiger partial charge in [-0.15, -0.1) is 0 Å². The lowest BCUT2D eigenvalue weighted by Gasteiger charge is -2.26. The molecular weight excluding hydrogens is 765 g/mol. The minimum atomic E-state index is -1.24. The first-order valence-corrected chi connectivity index (χ1v) is 19.9. The Kier molecular flexibility index (Phi) is 12.2. The van der Waals surface area contributed by atoms with E-state index < -0.39 is 53.2 Å². The van der Waals surface area contributed by atoms with Crippen molar-refractivity contribution in [3.63, 3.8) is 0 Å². The maximum Gasteiger partial charge on any atom is 0.419 e. The van der Waals surface area contributed by atoms with Crippen molar-refractivity contribution < 1.29 is 38.2 Å². The van der Waals surface area contributed by atoms with Gasteiger partial charge in [0.2, 0.25) is 11.8 Å². The largest absolute Gasteiger partial charge is 0.444 e. The predicted molar refractivity (Wildman–Crippen MR) is 230 cm³/mol. The van der Waals surface area contributed by atoms with Gasteiger partial charge in [-0.1, -0.05) is 54.6 Å². The van der Waals surface area contributed by atoms with Crippen LogP contribution in [0.4, 0.5) is 14.4 Å². The van der Waals surface area contributed by atoms with Crippen LogP contribution >= 0.6 is 0 Å². The lowest BCUT2D eigenvalue weighted by atomic mass is 10.0. The standard InChI is InChI=1S/C46H54N6O8/c1-44(2,3)58-41(55)48-35(22-29-26-51(42(56)59-45(4,5)6)36-20-14-11-17-32(29)36)40(54)50-38(49-39(53)24-28-25-47-34-19-13-10-16-31(28)34)23-30-27-52(43(57)60-46(7,8)9)37-21-15-12-18-33(30)37/h10-21,25-27,35,38,47H,22-24H2,1-9H3,(H,48,55)(H,49,53)(H,50,54)/t35-,38-/m1/s1. The number of hydrogen-bond acceptors (Lipinski definition) is 8. The number of nitrogens with zero attached hydrogens (tertiary/aromatic N) is 2. The molecule has 0 aliphatic heterocycles. The van der Waals surface area contributed by atoms with Gasteiger partial charge in [0.25, 0.3) is 0 Å². The number of para-hydroxylation sites is 3. The summed E-state index contributed by atoms with van der Waals surface area (Å²) in [6, 6.07) is 20.9. The molecule has 0 saturated heterocycles. The van der Waals surface area contributed by atoms with Crippen molar-refractivity contribution in [3.05, 3.63) is 108 Å². The number of amides is 3. The molecular formula is C46H54N6O8. The second-order valence-electron chi connectivity index (χ2n) is 17.8. The van der Waals surface area contributed by atoms with Gasteiger partial charge in [-0.25, -0.2) is 14.4 Å². The number of aromatic amines is 1. The zero-order valence-corrected chi connectivity index (χ0v) is 35.6. The van der Waals surface area contributed by atoms with Crippen molar-refractivity contribution in [2.24, 2.45) is 0 Å². The Morgan fingerprint density at radius 1 is 0.583 bits per heavy atom. The van der Waals surface area contributed by atoms with Crippen molar-refractivity contribution in [2.45, 2.75) is 111 Å². The molecule has 3 amide bonds. The molecule has 0 saturated carbocycles. The second-order valence-corrected chi connectivity index (χ2v) is 17.8. The minimum absolute atomic E-state index is 0.000189. The Labute approximate surface area is 348 Å². The highest BCUT2D eigenvalue weighted by Crippen LogP contribution is 2.27. The first-order valence-electron chi connectivity index (χ1n) is 19.9. The number of carbonyl (C=O) groups is 5. The average molecular weight is 819 g/mol. The van der Waals surface area contributed by atoms with E-state index in [-0.39, 0.29) is 25.2 Å². The van der Waals surface area contributed by atoms with Crippen molar-refractivity contribution >= 4 is 62.8 Å². The number of nitrogens with one attached hydrogen (secondary N) is 4. The second kappa shape index (κ2) is 17.0. The third-order valence-corrected chi connectivity index (χ3v) is 9.30. The third-order valence-electron chi connectivity index (χ3n) is 9.30. The van der Waals surface area contributed by atoms with Crippen molar-refractivity contribution in [3.8, 4) is 0 Å².